The molecule has 1 aliphatic heterocycles. The number of carbonyl (C=O) groups is 2. The molecule has 1 aromatic heterocycles. The Balaban J connectivity index is 1.73. The van der Waals surface area contributed by atoms with Crippen molar-refractivity contribution in [2.45, 2.75) is 70.6 Å². The van der Waals surface area contributed by atoms with Gasteiger partial charge in [-0.05, 0) is 41.3 Å². The van der Waals surface area contributed by atoms with Gasteiger partial charge in [0.25, 0.3) is 5.91 Å². The molecular formula is C23H30N4O5. The zero-order chi connectivity index (χ0) is 22.9. The van der Waals surface area contributed by atoms with Crippen LogP contribution in [0.15, 0.2) is 42.9 Å². The number of nitrogens with zero attached hydrogens (tertiary/aromatic N) is 4. The van der Waals surface area contributed by atoms with E-state index in [1.54, 1.807) is 0 Å². The number of carbonyl (C=O) groups excluding carboxylic acids is 2. The van der Waals surface area contributed by atoms with E-state index in [-0.39, 0.29) is 24.3 Å². The average molecular weight is 443 g/mol. The minimum atomic E-state index is -0.625. The standard InChI is InChI=1S/C23H30N4O5/c1-2-3-4-8-12-19(22(28)25-15-21(24-17-25)27(30)31)26-14-9-13-20(26)23(29)32-16-18-10-6-5-7-11-18/h5-7,10-11,15,17,19-20H,2-4,8-9,12-14,16H2,1H3/t19?,20-/m0/s1. The van der Waals surface area contributed by atoms with E-state index < -0.39 is 17.0 Å². The molecule has 172 valence electrons. The second kappa shape index (κ2) is 11.5. The van der Waals surface area contributed by atoms with E-state index >= 15 is 0 Å². The third-order valence-corrected chi connectivity index (χ3v) is 5.82. The summed E-state index contributed by atoms with van der Waals surface area (Å²) in [6, 6.07) is 8.41. The molecule has 9 heteroatoms. The molecule has 1 unspecified atom stereocenters. The van der Waals surface area contributed by atoms with Crippen LogP contribution in [0.25, 0.3) is 0 Å². The first-order valence-electron chi connectivity index (χ1n) is 11.2. The molecule has 0 radical (unpaired) electrons. The van der Waals surface area contributed by atoms with E-state index in [0.29, 0.717) is 19.4 Å². The molecule has 0 N–H and O–H groups in total. The van der Waals surface area contributed by atoms with Gasteiger partial charge in [0.05, 0.1) is 6.04 Å². The Hall–Kier alpha value is -3.07. The SMILES string of the molecule is CCCCCCC(C(=O)n1cnc([N+](=O)[O-])c1)N1CCC[C@H]1C(=O)OCc1ccccc1. The van der Waals surface area contributed by atoms with E-state index in [1.807, 2.05) is 35.2 Å². The highest BCUT2D eigenvalue weighted by Crippen LogP contribution is 2.26. The first-order valence-corrected chi connectivity index (χ1v) is 11.2. The predicted molar refractivity (Wildman–Crippen MR) is 118 cm³/mol. The molecule has 0 amide bonds. The van der Waals surface area contributed by atoms with Gasteiger partial charge in [-0.15, -0.1) is 0 Å². The number of ether oxygens (including phenoxy) is 1. The van der Waals surface area contributed by atoms with E-state index in [9.17, 15) is 19.7 Å². The molecule has 1 aromatic carbocycles. The van der Waals surface area contributed by atoms with Crippen LogP contribution in [-0.2, 0) is 16.1 Å². The third-order valence-electron chi connectivity index (χ3n) is 5.82. The summed E-state index contributed by atoms with van der Waals surface area (Å²) in [5.74, 6) is -1.01. The molecule has 2 atom stereocenters. The summed E-state index contributed by atoms with van der Waals surface area (Å²) in [5.41, 5.74) is 0.906. The Kier molecular flexibility index (Phi) is 8.49. The lowest BCUT2D eigenvalue weighted by atomic mass is 10.0. The fourth-order valence-electron chi connectivity index (χ4n) is 4.13. The van der Waals surface area contributed by atoms with Gasteiger partial charge >= 0.3 is 11.8 Å². The quantitative estimate of drug-likeness (QED) is 0.224. The van der Waals surface area contributed by atoms with Gasteiger partial charge in [-0.2, -0.15) is 0 Å². The summed E-state index contributed by atoms with van der Waals surface area (Å²) >= 11 is 0. The topological polar surface area (TPSA) is 108 Å². The molecule has 0 bridgehead atoms. The monoisotopic (exact) mass is 442 g/mol. The Morgan fingerprint density at radius 1 is 1.25 bits per heavy atom. The summed E-state index contributed by atoms with van der Waals surface area (Å²) in [5, 5.41) is 11.0. The molecule has 0 spiro atoms. The Labute approximate surface area is 187 Å². The molecule has 2 heterocycles. The summed E-state index contributed by atoms with van der Waals surface area (Å²) < 4.78 is 6.73. The van der Waals surface area contributed by atoms with Crippen molar-refractivity contribution in [2.24, 2.45) is 0 Å². The van der Waals surface area contributed by atoms with Crippen molar-refractivity contribution in [3.63, 3.8) is 0 Å². The number of imidazole rings is 1. The number of hydrogen-bond acceptors (Lipinski definition) is 7. The van der Waals surface area contributed by atoms with Crippen LogP contribution in [0.3, 0.4) is 0 Å². The lowest BCUT2D eigenvalue weighted by Gasteiger charge is -2.30. The van der Waals surface area contributed by atoms with Crippen LogP contribution in [0.1, 0.15) is 62.2 Å². The number of esters is 1. The van der Waals surface area contributed by atoms with E-state index in [1.165, 1.54) is 10.9 Å². The highest BCUT2D eigenvalue weighted by Gasteiger charge is 2.40. The maximum atomic E-state index is 13.3. The fourth-order valence-corrected chi connectivity index (χ4v) is 4.13. The summed E-state index contributed by atoms with van der Waals surface area (Å²) in [6.07, 6.45) is 8.27. The van der Waals surface area contributed by atoms with Gasteiger partial charge in [0.2, 0.25) is 6.33 Å². The number of aromatic nitrogens is 2. The minimum absolute atomic E-state index is 0.187. The van der Waals surface area contributed by atoms with Crippen molar-refractivity contribution >= 4 is 17.7 Å². The number of unbranched alkanes of at least 4 members (excludes halogenated alkanes) is 3. The zero-order valence-electron chi connectivity index (χ0n) is 18.4. The van der Waals surface area contributed by atoms with Crippen molar-refractivity contribution in [2.75, 3.05) is 6.54 Å². The van der Waals surface area contributed by atoms with Gasteiger partial charge in [0, 0.05) is 0 Å². The molecule has 0 aliphatic carbocycles. The zero-order valence-corrected chi connectivity index (χ0v) is 18.4. The number of likely N-dealkylation sites (tertiary alicyclic amines) is 1. The fraction of sp³-hybridized carbons (Fsp3) is 0.522. The molecule has 1 aliphatic rings. The van der Waals surface area contributed by atoms with E-state index in [0.717, 1.165) is 43.9 Å². The van der Waals surface area contributed by atoms with Crippen LogP contribution in [0.5, 0.6) is 0 Å². The van der Waals surface area contributed by atoms with Crippen LogP contribution in [0.4, 0.5) is 5.82 Å². The summed E-state index contributed by atoms with van der Waals surface area (Å²) in [4.78, 5) is 42.1. The normalized spacial score (nSPS) is 17.2. The van der Waals surface area contributed by atoms with Crippen LogP contribution in [-0.4, -0.2) is 49.9 Å². The average Bonchev–Trinajstić information content (AvgIpc) is 3.48. The van der Waals surface area contributed by atoms with Crippen LogP contribution in [0.2, 0.25) is 0 Å². The van der Waals surface area contributed by atoms with E-state index in [2.05, 4.69) is 11.9 Å². The lowest BCUT2D eigenvalue weighted by molar-refractivity contribution is -0.389. The maximum absolute atomic E-state index is 13.3. The molecule has 1 fully saturated rings. The summed E-state index contributed by atoms with van der Waals surface area (Å²) in [7, 11) is 0. The number of benzene rings is 1. The van der Waals surface area contributed by atoms with Gasteiger partial charge in [0.15, 0.2) is 0 Å². The van der Waals surface area contributed by atoms with Gasteiger partial charge in [-0.3, -0.25) is 14.5 Å². The third kappa shape index (κ3) is 6.00. The molecular weight excluding hydrogens is 412 g/mol. The van der Waals surface area contributed by atoms with Gasteiger partial charge < -0.3 is 14.9 Å². The van der Waals surface area contributed by atoms with Gasteiger partial charge in [0.1, 0.15) is 18.8 Å². The largest absolute Gasteiger partial charge is 0.460 e. The Morgan fingerprint density at radius 2 is 2.03 bits per heavy atom. The van der Waals surface area contributed by atoms with E-state index in [4.69, 9.17) is 4.74 Å². The molecule has 1 saturated heterocycles. The second-order valence-electron chi connectivity index (χ2n) is 8.09. The van der Waals surface area contributed by atoms with Crippen LogP contribution in [0, 0.1) is 10.1 Å². The number of nitro groups is 1. The van der Waals surface area contributed by atoms with Crippen LogP contribution >= 0.6 is 0 Å². The lowest BCUT2D eigenvalue weighted by Crippen LogP contribution is -2.49. The van der Waals surface area contributed by atoms with Crippen molar-refractivity contribution in [3.8, 4) is 0 Å². The van der Waals surface area contributed by atoms with Crippen LogP contribution < -0.4 is 0 Å². The highest BCUT2D eigenvalue weighted by atomic mass is 16.6. The first-order chi connectivity index (χ1) is 15.5. The number of hydrogen-bond donors (Lipinski definition) is 0. The molecule has 2 aromatic rings. The predicted octanol–water partition coefficient (Wildman–Crippen LogP) is 3.98. The van der Waals surface area contributed by atoms with Crippen molar-refractivity contribution in [1.82, 2.24) is 14.5 Å². The molecule has 32 heavy (non-hydrogen) atoms. The Morgan fingerprint density at radius 3 is 2.72 bits per heavy atom. The van der Waals surface area contributed by atoms with Crippen molar-refractivity contribution in [1.29, 1.82) is 0 Å². The summed E-state index contributed by atoms with van der Waals surface area (Å²) in [6.45, 7) is 2.91. The van der Waals surface area contributed by atoms with Crippen molar-refractivity contribution in [3.05, 3.63) is 58.5 Å². The van der Waals surface area contributed by atoms with Crippen molar-refractivity contribution < 1.29 is 19.2 Å². The Bertz CT molecular complexity index is 914. The first kappa shape index (κ1) is 23.6. The molecule has 9 nitrogen and oxygen atoms in total. The molecule has 0 saturated carbocycles. The minimum Gasteiger partial charge on any atom is -0.460 e. The second-order valence-corrected chi connectivity index (χ2v) is 8.09. The molecule has 3 rings (SSSR count). The number of rotatable bonds is 11. The maximum Gasteiger partial charge on any atom is 0.382 e. The van der Waals surface area contributed by atoms with Gasteiger partial charge in [-0.1, -0.05) is 62.9 Å². The smallest absolute Gasteiger partial charge is 0.382 e. The van der Waals surface area contributed by atoms with Gasteiger partial charge in [-0.25, -0.2) is 4.57 Å². The highest BCUT2D eigenvalue weighted by molar-refractivity contribution is 5.86.